The number of benzene rings is 2. The molecule has 0 aliphatic heterocycles. The molecule has 1 amide bonds. The van der Waals surface area contributed by atoms with Crippen LogP contribution in [0.15, 0.2) is 64.6 Å². The maximum Gasteiger partial charge on any atom is 0.276 e. The van der Waals surface area contributed by atoms with Crippen molar-refractivity contribution in [3.05, 3.63) is 71.4 Å². The second kappa shape index (κ2) is 8.75. The highest BCUT2D eigenvalue weighted by atomic mass is 32.2. The van der Waals surface area contributed by atoms with Gasteiger partial charge >= 0.3 is 0 Å². The zero-order chi connectivity index (χ0) is 22.8. The van der Waals surface area contributed by atoms with Crippen LogP contribution in [0.25, 0.3) is 0 Å². The fraction of sp³-hybridized carbons (Fsp3) is 0.182. The van der Waals surface area contributed by atoms with Gasteiger partial charge in [0.05, 0.1) is 28.9 Å². The Morgan fingerprint density at radius 1 is 1.13 bits per heavy atom. The number of hydrogen-bond donors (Lipinski definition) is 2. The minimum absolute atomic E-state index is 0.0654. The second-order valence-electron chi connectivity index (χ2n) is 6.98. The number of sulfone groups is 1. The van der Waals surface area contributed by atoms with Crippen LogP contribution >= 0.6 is 0 Å². The number of hydroxylamine groups is 1. The molecule has 0 fully saturated rings. The summed E-state index contributed by atoms with van der Waals surface area (Å²) in [6.45, 7) is 3.63. The summed E-state index contributed by atoms with van der Waals surface area (Å²) in [6.07, 6.45) is 1.40. The van der Waals surface area contributed by atoms with Gasteiger partial charge < -0.3 is 9.64 Å². The van der Waals surface area contributed by atoms with Crippen molar-refractivity contribution in [2.75, 3.05) is 19.1 Å². The summed E-state index contributed by atoms with van der Waals surface area (Å²) in [5, 5.41) is 9.03. The number of ether oxygens (including phenoxy) is 1. The van der Waals surface area contributed by atoms with Crippen molar-refractivity contribution < 1.29 is 23.2 Å². The number of nitrogens with zero attached hydrogens (tertiary/aromatic N) is 2. The first kappa shape index (κ1) is 22.3. The van der Waals surface area contributed by atoms with Crippen LogP contribution in [0.2, 0.25) is 0 Å². The standard InChI is InChI=1S/C22H23N3O5S/c1-14-12-15(2)20(18(13-14)21(26)24-27)25(3)19-6-5-11-23-22(19)31(28,29)17-9-7-16(30-4)8-10-17/h5-13,27H,1-4H3,(H,24,26). The van der Waals surface area contributed by atoms with Crippen molar-refractivity contribution in [1.29, 1.82) is 0 Å². The first-order valence-corrected chi connectivity index (χ1v) is 10.8. The van der Waals surface area contributed by atoms with Gasteiger partial charge in [-0.05, 0) is 67.4 Å². The van der Waals surface area contributed by atoms with Crippen LogP contribution in [0, 0.1) is 13.8 Å². The molecule has 1 aromatic heterocycles. The highest BCUT2D eigenvalue weighted by molar-refractivity contribution is 7.91. The molecule has 0 atom stereocenters. The van der Waals surface area contributed by atoms with Gasteiger partial charge in [0.15, 0.2) is 5.03 Å². The van der Waals surface area contributed by atoms with Crippen LogP contribution in [0.3, 0.4) is 0 Å². The Labute approximate surface area is 181 Å². The molecule has 31 heavy (non-hydrogen) atoms. The predicted molar refractivity (Wildman–Crippen MR) is 116 cm³/mol. The molecule has 0 spiro atoms. The molecule has 162 valence electrons. The monoisotopic (exact) mass is 441 g/mol. The number of nitrogens with one attached hydrogen (secondary N) is 1. The molecule has 0 bridgehead atoms. The molecule has 1 heterocycles. The minimum atomic E-state index is -3.97. The van der Waals surface area contributed by atoms with Crippen molar-refractivity contribution >= 4 is 27.1 Å². The third-order valence-corrected chi connectivity index (χ3v) is 6.58. The van der Waals surface area contributed by atoms with Crippen LogP contribution in [0.1, 0.15) is 21.5 Å². The van der Waals surface area contributed by atoms with E-state index in [4.69, 9.17) is 4.74 Å². The fourth-order valence-corrected chi connectivity index (χ4v) is 4.87. The van der Waals surface area contributed by atoms with Gasteiger partial charge in [0, 0.05) is 13.2 Å². The zero-order valence-electron chi connectivity index (χ0n) is 17.6. The van der Waals surface area contributed by atoms with Gasteiger partial charge in [-0.25, -0.2) is 18.9 Å². The quantitative estimate of drug-likeness (QED) is 0.446. The van der Waals surface area contributed by atoms with E-state index in [9.17, 15) is 18.4 Å². The number of aryl methyl sites for hydroxylation is 2. The lowest BCUT2D eigenvalue weighted by atomic mass is 10.0. The fourth-order valence-electron chi connectivity index (χ4n) is 3.47. The first-order chi connectivity index (χ1) is 14.7. The summed E-state index contributed by atoms with van der Waals surface area (Å²) in [5.74, 6) is -0.163. The van der Waals surface area contributed by atoms with Gasteiger partial charge in [0.2, 0.25) is 9.84 Å². The molecule has 3 rings (SSSR count). The number of aromatic nitrogens is 1. The number of hydrogen-bond acceptors (Lipinski definition) is 7. The summed E-state index contributed by atoms with van der Waals surface area (Å²) in [4.78, 5) is 18.1. The average Bonchev–Trinajstić information content (AvgIpc) is 2.77. The molecule has 0 saturated heterocycles. The molecule has 2 N–H and O–H groups in total. The van der Waals surface area contributed by atoms with Crippen LogP contribution in [-0.4, -0.2) is 38.7 Å². The second-order valence-corrected chi connectivity index (χ2v) is 8.85. The molecular formula is C22H23N3O5S. The van der Waals surface area contributed by atoms with Crippen LogP contribution in [0.5, 0.6) is 5.75 Å². The average molecular weight is 442 g/mol. The van der Waals surface area contributed by atoms with E-state index >= 15 is 0 Å². The van der Waals surface area contributed by atoms with Crippen LogP contribution in [0.4, 0.5) is 11.4 Å². The van der Waals surface area contributed by atoms with Gasteiger partial charge in [-0.3, -0.25) is 10.0 Å². The van der Waals surface area contributed by atoms with Crippen LogP contribution in [-0.2, 0) is 9.84 Å². The molecule has 3 aromatic rings. The summed E-state index contributed by atoms with van der Waals surface area (Å²) >= 11 is 0. The number of pyridine rings is 1. The van der Waals surface area contributed by atoms with Crippen molar-refractivity contribution in [3.63, 3.8) is 0 Å². The third kappa shape index (κ3) is 4.23. The van der Waals surface area contributed by atoms with Crippen molar-refractivity contribution in [1.82, 2.24) is 10.5 Å². The van der Waals surface area contributed by atoms with E-state index in [1.54, 1.807) is 54.7 Å². The molecule has 0 aliphatic rings. The van der Waals surface area contributed by atoms with E-state index in [0.29, 0.717) is 11.4 Å². The van der Waals surface area contributed by atoms with Gasteiger partial charge in [-0.2, -0.15) is 0 Å². The van der Waals surface area contributed by atoms with Crippen molar-refractivity contribution in [2.24, 2.45) is 0 Å². The Hall–Kier alpha value is -3.43. The number of amides is 1. The number of anilines is 2. The maximum atomic E-state index is 13.4. The van der Waals surface area contributed by atoms with E-state index in [0.717, 1.165) is 11.1 Å². The number of methoxy groups -OCH3 is 1. The molecular weight excluding hydrogens is 418 g/mol. The molecule has 8 nitrogen and oxygen atoms in total. The van der Waals surface area contributed by atoms with Gasteiger partial charge in [-0.1, -0.05) is 6.07 Å². The van der Waals surface area contributed by atoms with Gasteiger partial charge in [-0.15, -0.1) is 0 Å². The Balaban J connectivity index is 2.18. The van der Waals surface area contributed by atoms with Crippen LogP contribution < -0.4 is 15.1 Å². The van der Waals surface area contributed by atoms with Crippen molar-refractivity contribution in [3.8, 4) is 5.75 Å². The number of rotatable bonds is 6. The largest absolute Gasteiger partial charge is 0.497 e. The maximum absolute atomic E-state index is 13.4. The smallest absolute Gasteiger partial charge is 0.276 e. The third-order valence-electron chi connectivity index (χ3n) is 4.86. The lowest BCUT2D eigenvalue weighted by Crippen LogP contribution is -2.24. The summed E-state index contributed by atoms with van der Waals surface area (Å²) in [5.41, 5.74) is 4.16. The first-order valence-electron chi connectivity index (χ1n) is 9.34. The molecule has 9 heteroatoms. The van der Waals surface area contributed by atoms with E-state index < -0.39 is 15.7 Å². The van der Waals surface area contributed by atoms with Crippen molar-refractivity contribution in [2.45, 2.75) is 23.8 Å². The van der Waals surface area contributed by atoms with E-state index in [1.165, 1.54) is 25.4 Å². The van der Waals surface area contributed by atoms with Gasteiger partial charge in [0.25, 0.3) is 5.91 Å². The number of carbonyl (C=O) groups is 1. The van der Waals surface area contributed by atoms with E-state index in [1.807, 2.05) is 13.0 Å². The summed E-state index contributed by atoms with van der Waals surface area (Å²) < 4.78 is 31.8. The van der Waals surface area contributed by atoms with Gasteiger partial charge in [0.1, 0.15) is 5.75 Å². The lowest BCUT2D eigenvalue weighted by molar-refractivity contribution is 0.0707. The molecule has 0 radical (unpaired) electrons. The molecule has 2 aromatic carbocycles. The van der Waals surface area contributed by atoms with E-state index in [2.05, 4.69) is 4.98 Å². The topological polar surface area (TPSA) is 109 Å². The SMILES string of the molecule is COc1ccc(S(=O)(=O)c2ncccc2N(C)c2c(C)cc(C)cc2C(=O)NO)cc1. The Morgan fingerprint density at radius 2 is 1.81 bits per heavy atom. The highest BCUT2D eigenvalue weighted by Gasteiger charge is 2.27. The summed E-state index contributed by atoms with van der Waals surface area (Å²) in [6, 6.07) is 12.8. The molecule has 0 saturated carbocycles. The lowest BCUT2D eigenvalue weighted by Gasteiger charge is -2.26. The summed E-state index contributed by atoms with van der Waals surface area (Å²) in [7, 11) is -0.818. The Bertz CT molecular complexity index is 1220. The zero-order valence-corrected chi connectivity index (χ0v) is 18.4. The highest BCUT2D eigenvalue weighted by Crippen LogP contribution is 2.36. The number of carbonyl (C=O) groups excluding carboxylic acids is 1. The molecule has 0 unspecified atom stereocenters. The predicted octanol–water partition coefficient (Wildman–Crippen LogP) is 3.43. The van der Waals surface area contributed by atoms with E-state index in [-0.39, 0.29) is 21.2 Å². The normalized spacial score (nSPS) is 11.1. The minimum Gasteiger partial charge on any atom is -0.497 e. The Kier molecular flexibility index (Phi) is 6.28. The molecule has 0 aliphatic carbocycles. The Morgan fingerprint density at radius 3 is 2.42 bits per heavy atom.